The second-order valence-electron chi connectivity index (χ2n) is 11.9. The van der Waals surface area contributed by atoms with Gasteiger partial charge < -0.3 is 9.30 Å². The Morgan fingerprint density at radius 3 is 2.39 bits per heavy atom. The van der Waals surface area contributed by atoms with E-state index in [1.807, 2.05) is 54.6 Å². The Kier molecular flexibility index (Phi) is 7.86. The third-order valence-electron chi connectivity index (χ3n) is 8.89. The molecule has 240 valence electrons. The highest BCUT2D eigenvalue weighted by molar-refractivity contribution is 7.07. The van der Waals surface area contributed by atoms with E-state index in [0.29, 0.717) is 32.7 Å². The first-order chi connectivity index (χ1) is 24.0. The zero-order valence-electron chi connectivity index (χ0n) is 26.5. The van der Waals surface area contributed by atoms with Crippen LogP contribution in [0.25, 0.3) is 33.4 Å². The highest BCUT2D eigenvalue weighted by Crippen LogP contribution is 2.35. The van der Waals surface area contributed by atoms with E-state index in [2.05, 4.69) is 59.3 Å². The van der Waals surface area contributed by atoms with Crippen LogP contribution in [0, 0.1) is 5.82 Å². The first-order valence-corrected chi connectivity index (χ1v) is 16.9. The Bertz CT molecular complexity index is 2590. The number of carbonyl (C=O) groups is 1. The maximum atomic E-state index is 14.4. The van der Waals surface area contributed by atoms with Crippen LogP contribution in [0.4, 0.5) is 4.39 Å². The second kappa shape index (κ2) is 12.6. The summed E-state index contributed by atoms with van der Waals surface area (Å²) in [6.45, 7) is 2.54. The minimum atomic E-state index is -0.874. The molecule has 0 N–H and O–H groups in total. The van der Waals surface area contributed by atoms with Crippen molar-refractivity contribution in [2.75, 3.05) is 6.61 Å². The van der Waals surface area contributed by atoms with Crippen LogP contribution in [0.15, 0.2) is 143 Å². The molecule has 0 saturated carbocycles. The Hall–Kier alpha value is -5.86. The smallest absolute Gasteiger partial charge is 0.338 e. The van der Waals surface area contributed by atoms with Gasteiger partial charge in [-0.15, -0.1) is 0 Å². The van der Waals surface area contributed by atoms with Gasteiger partial charge in [-0.1, -0.05) is 114 Å². The Morgan fingerprint density at radius 1 is 0.878 bits per heavy atom. The first kappa shape index (κ1) is 30.5. The summed E-state index contributed by atoms with van der Waals surface area (Å²) in [7, 11) is 0. The minimum Gasteiger partial charge on any atom is -0.463 e. The van der Waals surface area contributed by atoms with E-state index >= 15 is 0 Å². The minimum absolute atomic E-state index is 0.147. The van der Waals surface area contributed by atoms with E-state index in [0.717, 1.165) is 16.5 Å². The van der Waals surface area contributed by atoms with E-state index in [1.54, 1.807) is 19.1 Å². The quantitative estimate of drug-likeness (QED) is 0.169. The zero-order valence-corrected chi connectivity index (χ0v) is 27.4. The van der Waals surface area contributed by atoms with Gasteiger partial charge in [-0.05, 0) is 53.1 Å². The van der Waals surface area contributed by atoms with E-state index in [9.17, 15) is 14.0 Å². The standard InChI is InChI=1S/C41H30FN3O3S/c1-2-48-40(47)36-37(27-12-4-3-5-13-27)43-41-45(38(36)28-19-21-31(42)22-20-28)39(46)35(49-41)23-30-25-44(34-18-9-8-17-33(30)34)24-29-15-10-14-26-11-6-7-16-32(26)29/h3-23,25,38H,2,24H2,1H3/b35-23-/t38-/m0/s1. The molecule has 0 saturated heterocycles. The number of hydrogen-bond acceptors (Lipinski definition) is 5. The number of fused-ring (bicyclic) bond motifs is 3. The van der Waals surface area contributed by atoms with Crippen LogP contribution in [0.2, 0.25) is 0 Å². The molecule has 1 aliphatic rings. The molecule has 8 rings (SSSR count). The van der Waals surface area contributed by atoms with Crippen molar-refractivity contribution < 1.29 is 13.9 Å². The summed E-state index contributed by atoms with van der Waals surface area (Å²) >= 11 is 1.27. The van der Waals surface area contributed by atoms with Gasteiger partial charge >= 0.3 is 5.97 Å². The molecule has 7 aromatic rings. The van der Waals surface area contributed by atoms with Gasteiger partial charge in [-0.2, -0.15) is 0 Å². The fourth-order valence-corrected chi connectivity index (χ4v) is 7.67. The molecule has 8 heteroatoms. The predicted octanol–water partition coefficient (Wildman–Crippen LogP) is 7.23. The molecule has 0 radical (unpaired) electrons. The van der Waals surface area contributed by atoms with Gasteiger partial charge in [-0.25, -0.2) is 14.2 Å². The summed E-state index contributed by atoms with van der Waals surface area (Å²) in [5, 5.41) is 3.40. The normalized spacial score (nSPS) is 14.7. The third-order valence-corrected chi connectivity index (χ3v) is 9.87. The summed E-state index contributed by atoms with van der Waals surface area (Å²) in [5.41, 5.74) is 4.79. The number of thiazole rings is 1. The number of halogens is 1. The maximum absolute atomic E-state index is 14.4. The lowest BCUT2D eigenvalue weighted by Crippen LogP contribution is -2.40. The molecule has 1 atom stereocenters. The number of rotatable bonds is 7. The summed E-state index contributed by atoms with van der Waals surface area (Å²) in [6.07, 6.45) is 3.99. The van der Waals surface area contributed by atoms with Crippen molar-refractivity contribution in [1.29, 1.82) is 0 Å². The van der Waals surface area contributed by atoms with Crippen molar-refractivity contribution in [3.63, 3.8) is 0 Å². The molecule has 0 spiro atoms. The summed E-state index contributed by atoms with van der Waals surface area (Å²) < 4.78 is 23.9. The fourth-order valence-electron chi connectivity index (χ4n) is 6.68. The molecule has 0 bridgehead atoms. The number of nitrogens with zero attached hydrogens (tertiary/aromatic N) is 3. The van der Waals surface area contributed by atoms with E-state index < -0.39 is 17.8 Å². The van der Waals surface area contributed by atoms with Gasteiger partial charge in [0.2, 0.25) is 0 Å². The third kappa shape index (κ3) is 5.50. The van der Waals surface area contributed by atoms with E-state index in [1.165, 1.54) is 44.4 Å². The largest absolute Gasteiger partial charge is 0.463 e. The number of para-hydroxylation sites is 1. The van der Waals surface area contributed by atoms with Crippen molar-refractivity contribution in [3.8, 4) is 0 Å². The molecule has 2 aromatic heterocycles. The summed E-state index contributed by atoms with van der Waals surface area (Å²) in [6, 6.07) is 37.3. The average molecular weight is 664 g/mol. The lowest BCUT2D eigenvalue weighted by molar-refractivity contribution is -0.138. The number of esters is 1. The maximum Gasteiger partial charge on any atom is 0.338 e. The SMILES string of the molecule is CCOC(=O)C1=C(c2ccccc2)N=c2s/c(=C\c3cn(Cc4cccc5ccccc45)c4ccccc34)c(=O)n2[C@H]1c1ccc(F)cc1. The van der Waals surface area contributed by atoms with Crippen molar-refractivity contribution in [2.45, 2.75) is 19.5 Å². The van der Waals surface area contributed by atoms with Gasteiger partial charge in [0.05, 0.1) is 28.5 Å². The second-order valence-corrected chi connectivity index (χ2v) is 12.9. The van der Waals surface area contributed by atoms with Gasteiger partial charge in [0, 0.05) is 34.8 Å². The van der Waals surface area contributed by atoms with Crippen molar-refractivity contribution in [2.24, 2.45) is 4.99 Å². The highest BCUT2D eigenvalue weighted by atomic mass is 32.1. The van der Waals surface area contributed by atoms with Gasteiger partial charge in [0.15, 0.2) is 4.80 Å². The number of benzene rings is 5. The van der Waals surface area contributed by atoms with Crippen LogP contribution >= 0.6 is 11.3 Å². The van der Waals surface area contributed by atoms with Gasteiger partial charge in [0.25, 0.3) is 5.56 Å². The van der Waals surface area contributed by atoms with Crippen LogP contribution < -0.4 is 14.9 Å². The molecule has 0 unspecified atom stereocenters. The molecule has 0 fully saturated rings. The molecule has 1 aliphatic heterocycles. The summed E-state index contributed by atoms with van der Waals surface area (Å²) in [5.74, 6) is -0.994. The number of ether oxygens (including phenoxy) is 1. The van der Waals surface area contributed by atoms with Crippen LogP contribution in [-0.2, 0) is 16.1 Å². The molecule has 0 aliphatic carbocycles. The number of carbonyl (C=O) groups excluding carboxylic acids is 1. The Balaban J connectivity index is 1.32. The number of hydrogen-bond donors (Lipinski definition) is 0. The molecule has 3 heterocycles. The first-order valence-electron chi connectivity index (χ1n) is 16.1. The van der Waals surface area contributed by atoms with Crippen LogP contribution in [0.5, 0.6) is 0 Å². The monoisotopic (exact) mass is 663 g/mol. The molecule has 6 nitrogen and oxygen atoms in total. The average Bonchev–Trinajstić information content (AvgIpc) is 3.64. The highest BCUT2D eigenvalue weighted by Gasteiger charge is 2.35. The Labute approximate surface area is 285 Å². The molecular weight excluding hydrogens is 634 g/mol. The van der Waals surface area contributed by atoms with E-state index in [-0.39, 0.29) is 17.7 Å². The summed E-state index contributed by atoms with van der Waals surface area (Å²) in [4.78, 5) is 33.5. The fraction of sp³-hybridized carbons (Fsp3) is 0.0976. The molecular formula is C41H30FN3O3S. The van der Waals surface area contributed by atoms with E-state index in [4.69, 9.17) is 9.73 Å². The molecule has 5 aromatic carbocycles. The van der Waals surface area contributed by atoms with Gasteiger partial charge in [0.1, 0.15) is 5.82 Å². The zero-order chi connectivity index (χ0) is 33.5. The molecule has 0 amide bonds. The number of aromatic nitrogens is 2. The molecule has 49 heavy (non-hydrogen) atoms. The van der Waals surface area contributed by atoms with Crippen LogP contribution in [-0.4, -0.2) is 21.7 Å². The lowest BCUT2D eigenvalue weighted by atomic mass is 9.93. The Morgan fingerprint density at radius 2 is 1.59 bits per heavy atom. The topological polar surface area (TPSA) is 65.6 Å². The van der Waals surface area contributed by atoms with Crippen molar-refractivity contribution >= 4 is 50.8 Å². The predicted molar refractivity (Wildman–Crippen MR) is 192 cm³/mol. The van der Waals surface area contributed by atoms with Crippen molar-refractivity contribution in [1.82, 2.24) is 9.13 Å². The van der Waals surface area contributed by atoms with Crippen LogP contribution in [0.3, 0.4) is 0 Å². The van der Waals surface area contributed by atoms with Gasteiger partial charge in [-0.3, -0.25) is 9.36 Å². The lowest BCUT2D eigenvalue weighted by Gasteiger charge is -2.25. The van der Waals surface area contributed by atoms with Crippen LogP contribution in [0.1, 0.15) is 35.2 Å². The van der Waals surface area contributed by atoms with Crippen molar-refractivity contribution in [3.05, 3.63) is 181 Å².